The third-order valence-electron chi connectivity index (χ3n) is 3.46. The fourth-order valence-electron chi connectivity index (χ4n) is 2.17. The van der Waals surface area contributed by atoms with Gasteiger partial charge in [-0.3, -0.25) is 20.2 Å². The van der Waals surface area contributed by atoms with Crippen LogP contribution in [0.5, 0.6) is 5.75 Å². The van der Waals surface area contributed by atoms with Gasteiger partial charge < -0.3 is 9.47 Å². The van der Waals surface area contributed by atoms with Crippen molar-refractivity contribution in [1.29, 1.82) is 0 Å². The van der Waals surface area contributed by atoms with Gasteiger partial charge in [-0.2, -0.15) is 0 Å². The number of rotatable bonds is 10. The van der Waals surface area contributed by atoms with E-state index in [0.29, 0.717) is 5.56 Å². The van der Waals surface area contributed by atoms with Crippen LogP contribution in [0.1, 0.15) is 11.1 Å². The van der Waals surface area contributed by atoms with E-state index in [1.807, 2.05) is 0 Å². The largest absolute Gasteiger partial charge is 0.484 e. The molecule has 8 nitrogen and oxygen atoms in total. The third kappa shape index (κ3) is 6.15. The van der Waals surface area contributed by atoms with Crippen LogP contribution in [0.2, 0.25) is 0 Å². The predicted octanol–water partition coefficient (Wildman–Crippen LogP) is 4.04. The molecule has 9 heteroatoms. The lowest BCUT2D eigenvalue weighted by molar-refractivity contribution is -0.385. The van der Waals surface area contributed by atoms with E-state index in [9.17, 15) is 24.6 Å². The van der Waals surface area contributed by atoms with E-state index < -0.39 is 16.5 Å². The van der Waals surface area contributed by atoms with Crippen LogP contribution in [-0.2, 0) is 4.74 Å². The molecule has 142 valence electrons. The molecule has 0 fully saturated rings. The second kappa shape index (κ2) is 9.97. The van der Waals surface area contributed by atoms with Gasteiger partial charge in [0.15, 0.2) is 5.75 Å². The minimum Gasteiger partial charge on any atom is -0.484 e. The molecule has 2 aromatic rings. The summed E-state index contributed by atoms with van der Waals surface area (Å²) in [4.78, 5) is 20.7. The molecule has 0 amide bonds. The van der Waals surface area contributed by atoms with Gasteiger partial charge in [-0.15, -0.1) is 0 Å². The average molecular weight is 376 g/mol. The van der Waals surface area contributed by atoms with E-state index in [4.69, 9.17) is 9.47 Å². The highest BCUT2D eigenvalue weighted by atomic mass is 19.1. The molecular formula is C18H17FN2O6. The highest BCUT2D eigenvalue weighted by molar-refractivity contribution is 5.71. The summed E-state index contributed by atoms with van der Waals surface area (Å²) in [6, 6.07) is 10.4. The van der Waals surface area contributed by atoms with Gasteiger partial charge in [0.05, 0.1) is 23.1 Å². The molecule has 0 bridgehead atoms. The zero-order chi connectivity index (χ0) is 19.6. The first-order chi connectivity index (χ1) is 13.0. The standard InChI is InChI=1S/C18H17FN2O6/c19-9-10-26-11-12-27-18-13-15(5-8-17(18)21(24)25)2-1-14-3-6-16(7-4-14)20(22)23/h1-8,13H,9-12H2/b2-1+. The minimum absolute atomic E-state index is 0.00634. The fourth-order valence-corrected chi connectivity index (χ4v) is 2.17. The maximum atomic E-state index is 12.0. The number of hydrogen-bond donors (Lipinski definition) is 0. The van der Waals surface area contributed by atoms with Crippen LogP contribution in [0.3, 0.4) is 0 Å². The first-order valence-electron chi connectivity index (χ1n) is 7.99. The number of nitro benzene ring substituents is 2. The van der Waals surface area contributed by atoms with E-state index in [1.54, 1.807) is 30.4 Å². The molecule has 0 spiro atoms. The topological polar surface area (TPSA) is 105 Å². The normalized spacial score (nSPS) is 10.9. The molecule has 0 N–H and O–H groups in total. The summed E-state index contributed by atoms with van der Waals surface area (Å²) in [5.41, 5.74) is 1.20. The van der Waals surface area contributed by atoms with Crippen molar-refractivity contribution in [2.45, 2.75) is 0 Å². The fraction of sp³-hybridized carbons (Fsp3) is 0.222. The van der Waals surface area contributed by atoms with Crippen molar-refractivity contribution in [3.05, 3.63) is 73.8 Å². The van der Waals surface area contributed by atoms with Gasteiger partial charge in [-0.1, -0.05) is 12.2 Å². The van der Waals surface area contributed by atoms with Crippen LogP contribution in [0.15, 0.2) is 42.5 Å². The second-order valence-electron chi connectivity index (χ2n) is 5.32. The molecule has 0 saturated carbocycles. The molecule has 0 aliphatic rings. The van der Waals surface area contributed by atoms with Crippen molar-refractivity contribution in [3.63, 3.8) is 0 Å². The maximum Gasteiger partial charge on any atom is 0.310 e. The van der Waals surface area contributed by atoms with Crippen molar-refractivity contribution >= 4 is 23.5 Å². The van der Waals surface area contributed by atoms with Gasteiger partial charge in [0.25, 0.3) is 5.69 Å². The molecule has 0 heterocycles. The van der Waals surface area contributed by atoms with E-state index in [1.165, 1.54) is 24.3 Å². The molecule has 27 heavy (non-hydrogen) atoms. The van der Waals surface area contributed by atoms with Crippen molar-refractivity contribution in [2.75, 3.05) is 26.5 Å². The SMILES string of the molecule is O=[N+]([O-])c1ccc(/C=C/c2ccc([N+](=O)[O-])c(OCCOCCF)c2)cc1. The number of nitrogens with zero attached hydrogens (tertiary/aromatic N) is 2. The van der Waals surface area contributed by atoms with Gasteiger partial charge in [-0.25, -0.2) is 4.39 Å². The maximum absolute atomic E-state index is 12.0. The summed E-state index contributed by atoms with van der Waals surface area (Å²) in [7, 11) is 0. The predicted molar refractivity (Wildman–Crippen MR) is 97.4 cm³/mol. The number of hydrogen-bond acceptors (Lipinski definition) is 6. The highest BCUT2D eigenvalue weighted by Gasteiger charge is 2.15. The first kappa shape index (κ1) is 20.0. The Hall–Kier alpha value is -3.33. The Balaban J connectivity index is 2.10. The molecule has 2 aromatic carbocycles. The van der Waals surface area contributed by atoms with Crippen LogP contribution in [0.4, 0.5) is 15.8 Å². The Morgan fingerprint density at radius 2 is 1.56 bits per heavy atom. The average Bonchev–Trinajstić information content (AvgIpc) is 2.66. The summed E-state index contributed by atoms with van der Waals surface area (Å²) in [5, 5.41) is 21.8. The van der Waals surface area contributed by atoms with Crippen LogP contribution in [0.25, 0.3) is 12.2 Å². The Morgan fingerprint density at radius 1 is 0.889 bits per heavy atom. The molecule has 0 aliphatic carbocycles. The summed E-state index contributed by atoms with van der Waals surface area (Å²) < 4.78 is 22.3. The summed E-state index contributed by atoms with van der Waals surface area (Å²) >= 11 is 0. The lowest BCUT2D eigenvalue weighted by atomic mass is 10.1. The molecule has 2 rings (SSSR count). The van der Waals surface area contributed by atoms with Crippen molar-refractivity contribution in [1.82, 2.24) is 0 Å². The molecule has 0 saturated heterocycles. The van der Waals surface area contributed by atoms with Gasteiger partial charge >= 0.3 is 5.69 Å². The van der Waals surface area contributed by atoms with Gasteiger partial charge in [0, 0.05) is 18.2 Å². The van der Waals surface area contributed by atoms with E-state index in [-0.39, 0.29) is 36.9 Å². The molecule has 0 radical (unpaired) electrons. The van der Waals surface area contributed by atoms with E-state index in [0.717, 1.165) is 5.56 Å². The number of benzene rings is 2. The number of alkyl halides is 1. The Morgan fingerprint density at radius 3 is 2.19 bits per heavy atom. The third-order valence-corrected chi connectivity index (χ3v) is 3.46. The lowest BCUT2D eigenvalue weighted by Crippen LogP contribution is -2.09. The number of ether oxygens (including phenoxy) is 2. The van der Waals surface area contributed by atoms with Crippen LogP contribution in [0, 0.1) is 20.2 Å². The van der Waals surface area contributed by atoms with Crippen molar-refractivity contribution in [2.24, 2.45) is 0 Å². The molecule has 0 aromatic heterocycles. The van der Waals surface area contributed by atoms with Gasteiger partial charge in [0.1, 0.15) is 13.3 Å². The molecule has 0 atom stereocenters. The lowest BCUT2D eigenvalue weighted by Gasteiger charge is -2.08. The Labute approximate surface area is 154 Å². The summed E-state index contributed by atoms with van der Waals surface area (Å²) in [6.45, 7) is -0.493. The number of halogens is 1. The Bertz CT molecular complexity index is 823. The second-order valence-corrected chi connectivity index (χ2v) is 5.32. The monoisotopic (exact) mass is 376 g/mol. The number of nitro groups is 2. The van der Waals surface area contributed by atoms with Gasteiger partial charge in [0.2, 0.25) is 0 Å². The molecular weight excluding hydrogens is 359 g/mol. The summed E-state index contributed by atoms with van der Waals surface area (Å²) in [5.74, 6) is 0.0784. The van der Waals surface area contributed by atoms with Crippen molar-refractivity contribution in [3.8, 4) is 5.75 Å². The van der Waals surface area contributed by atoms with Gasteiger partial charge in [-0.05, 0) is 35.4 Å². The molecule has 0 aliphatic heterocycles. The van der Waals surface area contributed by atoms with E-state index in [2.05, 4.69) is 0 Å². The first-order valence-corrected chi connectivity index (χ1v) is 7.99. The zero-order valence-electron chi connectivity index (χ0n) is 14.2. The van der Waals surface area contributed by atoms with Crippen LogP contribution in [-0.4, -0.2) is 36.3 Å². The minimum atomic E-state index is -0.608. The zero-order valence-corrected chi connectivity index (χ0v) is 14.2. The summed E-state index contributed by atoms with van der Waals surface area (Å²) in [6.07, 6.45) is 3.43. The smallest absolute Gasteiger partial charge is 0.310 e. The number of non-ortho nitro benzene ring substituents is 1. The molecule has 0 unspecified atom stereocenters. The quantitative estimate of drug-likeness (QED) is 0.268. The Kier molecular flexibility index (Phi) is 7.38. The highest BCUT2D eigenvalue weighted by Crippen LogP contribution is 2.28. The van der Waals surface area contributed by atoms with Crippen LogP contribution >= 0.6 is 0 Å². The van der Waals surface area contributed by atoms with Crippen LogP contribution < -0.4 is 4.74 Å². The van der Waals surface area contributed by atoms with E-state index >= 15 is 0 Å². The van der Waals surface area contributed by atoms with Crippen molar-refractivity contribution < 1.29 is 23.7 Å².